The molecule has 1 saturated heterocycles. The van der Waals surface area contributed by atoms with E-state index in [4.69, 9.17) is 4.74 Å². The molecule has 1 heterocycles. The van der Waals surface area contributed by atoms with Crippen LogP contribution < -0.4 is 0 Å². The van der Waals surface area contributed by atoms with Gasteiger partial charge in [-0.3, -0.25) is 4.79 Å². The number of carbonyl (C=O) groups excluding carboxylic acids is 2. The number of imide groups is 1. The second-order valence-corrected chi connectivity index (χ2v) is 9.24. The molecule has 32 heavy (non-hydrogen) atoms. The SMILES string of the molecule is O=C1OC[C@H](Cc2ccccc2)N1C(=O)C1C2C=CC(C2)C1c1ccc2ccccc2c1. The second kappa shape index (κ2) is 7.63. The Morgan fingerprint density at radius 1 is 0.906 bits per heavy atom. The zero-order valence-electron chi connectivity index (χ0n) is 17.8. The van der Waals surface area contributed by atoms with Gasteiger partial charge in [0.05, 0.1) is 12.0 Å². The summed E-state index contributed by atoms with van der Waals surface area (Å²) >= 11 is 0. The number of fused-ring (bicyclic) bond motifs is 3. The minimum atomic E-state index is -0.500. The van der Waals surface area contributed by atoms with Crippen molar-refractivity contribution >= 4 is 22.8 Å². The van der Waals surface area contributed by atoms with Gasteiger partial charge in [0, 0.05) is 5.92 Å². The fraction of sp³-hybridized carbons (Fsp3) is 0.286. The van der Waals surface area contributed by atoms with Crippen LogP contribution in [0.1, 0.15) is 23.5 Å². The summed E-state index contributed by atoms with van der Waals surface area (Å²) in [5.41, 5.74) is 2.29. The molecule has 3 aliphatic rings. The molecule has 0 radical (unpaired) electrons. The third-order valence-electron chi connectivity index (χ3n) is 7.42. The maximum absolute atomic E-state index is 13.9. The number of hydrogen-bond donors (Lipinski definition) is 0. The second-order valence-electron chi connectivity index (χ2n) is 9.24. The van der Waals surface area contributed by atoms with Gasteiger partial charge < -0.3 is 4.74 Å². The first kappa shape index (κ1) is 19.3. The van der Waals surface area contributed by atoms with Crippen molar-refractivity contribution in [3.8, 4) is 0 Å². The zero-order chi connectivity index (χ0) is 21.7. The molecule has 3 aromatic rings. The highest BCUT2D eigenvalue weighted by Crippen LogP contribution is 2.54. The van der Waals surface area contributed by atoms with Crippen LogP contribution in [0.5, 0.6) is 0 Å². The molecule has 3 aromatic carbocycles. The van der Waals surface area contributed by atoms with E-state index in [1.807, 2.05) is 42.5 Å². The minimum absolute atomic E-state index is 0.0801. The molecule has 4 nitrogen and oxygen atoms in total. The third-order valence-corrected chi connectivity index (χ3v) is 7.42. The highest BCUT2D eigenvalue weighted by atomic mass is 16.6. The first-order chi connectivity index (χ1) is 15.7. The maximum Gasteiger partial charge on any atom is 0.416 e. The van der Waals surface area contributed by atoms with Crippen LogP contribution in [0, 0.1) is 17.8 Å². The van der Waals surface area contributed by atoms with Crippen molar-refractivity contribution in [2.24, 2.45) is 17.8 Å². The lowest BCUT2D eigenvalue weighted by atomic mass is 9.77. The lowest BCUT2D eigenvalue weighted by molar-refractivity contribution is -0.134. The molecule has 6 rings (SSSR count). The number of nitrogens with zero attached hydrogens (tertiary/aromatic N) is 1. The molecule has 2 aliphatic carbocycles. The Balaban J connectivity index is 1.33. The van der Waals surface area contributed by atoms with E-state index in [1.165, 1.54) is 21.2 Å². The van der Waals surface area contributed by atoms with Crippen molar-refractivity contribution < 1.29 is 14.3 Å². The summed E-state index contributed by atoms with van der Waals surface area (Å²) in [4.78, 5) is 28.0. The molecule has 0 aromatic heterocycles. The van der Waals surface area contributed by atoms with E-state index >= 15 is 0 Å². The number of carbonyl (C=O) groups is 2. The van der Waals surface area contributed by atoms with E-state index in [-0.39, 0.29) is 36.3 Å². The van der Waals surface area contributed by atoms with Gasteiger partial charge >= 0.3 is 6.09 Å². The van der Waals surface area contributed by atoms with E-state index < -0.39 is 6.09 Å². The molecule has 2 amide bonds. The standard InChI is InChI=1S/C28H25NO3/c30-27(29-24(17-32-28(29)31)14-18-6-2-1-3-7-18)26-23-13-12-22(16-23)25(26)21-11-10-19-8-4-5-9-20(19)15-21/h1-13,15,22-26H,14,16-17H2/t22?,23?,24-,25?,26?/m0/s1. The lowest BCUT2D eigenvalue weighted by Gasteiger charge is -2.31. The summed E-state index contributed by atoms with van der Waals surface area (Å²) in [7, 11) is 0. The summed E-state index contributed by atoms with van der Waals surface area (Å²) in [5, 5.41) is 2.38. The van der Waals surface area contributed by atoms with Gasteiger partial charge in [0.2, 0.25) is 5.91 Å². The molecule has 160 valence electrons. The first-order valence-electron chi connectivity index (χ1n) is 11.4. The van der Waals surface area contributed by atoms with Gasteiger partial charge in [0.25, 0.3) is 0 Å². The Kier molecular flexibility index (Phi) is 4.60. The molecule has 1 aliphatic heterocycles. The van der Waals surface area contributed by atoms with Crippen LogP contribution in [0.3, 0.4) is 0 Å². The van der Waals surface area contributed by atoms with E-state index in [2.05, 4.69) is 42.5 Å². The largest absolute Gasteiger partial charge is 0.447 e. The Morgan fingerprint density at radius 3 is 2.50 bits per heavy atom. The van der Waals surface area contributed by atoms with E-state index in [0.29, 0.717) is 12.3 Å². The maximum atomic E-state index is 13.9. The van der Waals surface area contributed by atoms with Crippen LogP contribution in [0.15, 0.2) is 84.9 Å². The summed E-state index contributed by atoms with van der Waals surface area (Å²) in [6.07, 6.45) is 5.53. The number of allylic oxidation sites excluding steroid dienone is 2. The molecule has 0 spiro atoms. The van der Waals surface area contributed by atoms with Gasteiger partial charge in [-0.25, -0.2) is 9.69 Å². The van der Waals surface area contributed by atoms with E-state index in [1.54, 1.807) is 0 Å². The summed E-state index contributed by atoms with van der Waals surface area (Å²) in [6, 6.07) is 24.6. The monoisotopic (exact) mass is 423 g/mol. The van der Waals surface area contributed by atoms with Crippen molar-refractivity contribution in [2.75, 3.05) is 6.61 Å². The normalized spacial score (nSPS) is 28.4. The van der Waals surface area contributed by atoms with Crippen molar-refractivity contribution in [3.05, 3.63) is 96.1 Å². The number of ether oxygens (including phenoxy) is 1. The van der Waals surface area contributed by atoms with Gasteiger partial charge in [-0.1, -0.05) is 84.9 Å². The summed E-state index contributed by atoms with van der Waals surface area (Å²) < 4.78 is 5.36. The van der Waals surface area contributed by atoms with Crippen molar-refractivity contribution in [3.63, 3.8) is 0 Å². The Morgan fingerprint density at radius 2 is 1.66 bits per heavy atom. The molecule has 4 unspecified atom stereocenters. The number of rotatable bonds is 4. The quantitative estimate of drug-likeness (QED) is 0.533. The number of benzene rings is 3. The van der Waals surface area contributed by atoms with Crippen LogP contribution in [0.4, 0.5) is 4.79 Å². The predicted molar refractivity (Wildman–Crippen MR) is 123 cm³/mol. The zero-order valence-corrected chi connectivity index (χ0v) is 17.8. The van der Waals surface area contributed by atoms with Crippen LogP contribution in [-0.2, 0) is 16.0 Å². The highest BCUT2D eigenvalue weighted by Gasteiger charge is 2.52. The topological polar surface area (TPSA) is 46.6 Å². The molecular formula is C28H25NO3. The van der Waals surface area contributed by atoms with E-state index in [9.17, 15) is 9.59 Å². The summed E-state index contributed by atoms with van der Waals surface area (Å²) in [6.45, 7) is 0.261. The first-order valence-corrected chi connectivity index (χ1v) is 11.4. The fourth-order valence-corrected chi connectivity index (χ4v) is 5.96. The third kappa shape index (κ3) is 3.13. The van der Waals surface area contributed by atoms with Crippen LogP contribution >= 0.6 is 0 Å². The van der Waals surface area contributed by atoms with Gasteiger partial charge in [-0.05, 0) is 46.6 Å². The molecular weight excluding hydrogens is 398 g/mol. The summed E-state index contributed by atoms with van der Waals surface area (Å²) in [5.74, 6) is 0.294. The number of hydrogen-bond acceptors (Lipinski definition) is 3. The average Bonchev–Trinajstić information content (AvgIpc) is 3.54. The van der Waals surface area contributed by atoms with Crippen LogP contribution in [-0.4, -0.2) is 29.5 Å². The molecule has 1 saturated carbocycles. The molecule has 5 atom stereocenters. The van der Waals surface area contributed by atoms with Gasteiger partial charge in [-0.15, -0.1) is 0 Å². The van der Waals surface area contributed by atoms with Crippen molar-refractivity contribution in [1.29, 1.82) is 0 Å². The molecule has 2 fully saturated rings. The van der Waals surface area contributed by atoms with Gasteiger partial charge in [0.1, 0.15) is 6.61 Å². The van der Waals surface area contributed by atoms with Crippen molar-refractivity contribution in [2.45, 2.75) is 24.8 Å². The lowest BCUT2D eigenvalue weighted by Crippen LogP contribution is -2.46. The predicted octanol–water partition coefficient (Wildman–Crippen LogP) is 5.34. The number of cyclic esters (lactones) is 1. The van der Waals surface area contributed by atoms with Crippen molar-refractivity contribution in [1.82, 2.24) is 4.90 Å². The van der Waals surface area contributed by atoms with E-state index in [0.717, 1.165) is 12.0 Å². The smallest absolute Gasteiger partial charge is 0.416 e. The Labute approximate surface area is 187 Å². The minimum Gasteiger partial charge on any atom is -0.447 e. The Hall–Kier alpha value is -3.40. The van der Waals surface area contributed by atoms with Crippen LogP contribution in [0.2, 0.25) is 0 Å². The highest BCUT2D eigenvalue weighted by molar-refractivity contribution is 5.96. The van der Waals surface area contributed by atoms with Gasteiger partial charge in [-0.2, -0.15) is 0 Å². The average molecular weight is 424 g/mol. The Bertz CT molecular complexity index is 1220. The van der Waals surface area contributed by atoms with Crippen LogP contribution in [0.25, 0.3) is 10.8 Å². The molecule has 0 N–H and O–H groups in total. The molecule has 4 heteroatoms. The van der Waals surface area contributed by atoms with Gasteiger partial charge in [0.15, 0.2) is 0 Å². The molecule has 2 bridgehead atoms. The number of amides is 2. The fourth-order valence-electron chi connectivity index (χ4n) is 5.96.